The Morgan fingerprint density at radius 3 is 2.17 bits per heavy atom. The third kappa shape index (κ3) is 8.02. The lowest BCUT2D eigenvalue weighted by Gasteiger charge is -2.30. The number of ether oxygens (including phenoxy) is 1. The third-order valence-electron chi connectivity index (χ3n) is 14.1. The predicted molar refractivity (Wildman–Crippen MR) is 230 cm³/mol. The van der Waals surface area contributed by atoms with Crippen LogP contribution in [0.1, 0.15) is 145 Å². The number of nitrogens with zero attached hydrogens (tertiary/aromatic N) is 4. The number of carbonyl (C=O) groups excluding carboxylic acids is 3. The predicted octanol–water partition coefficient (Wildman–Crippen LogP) is 9.08. The number of alkyl carbamates (subject to hydrolysis) is 1. The molecule has 4 heterocycles. The summed E-state index contributed by atoms with van der Waals surface area (Å²) in [5, 5.41) is 2.77. The second-order valence-corrected chi connectivity index (χ2v) is 19.7. The zero-order valence-electron chi connectivity index (χ0n) is 36.4. The number of rotatable bonds is 10. The highest BCUT2D eigenvalue weighted by Gasteiger charge is 2.44. The van der Waals surface area contributed by atoms with Gasteiger partial charge < -0.3 is 29.8 Å². The number of fused-ring (bicyclic) bond motifs is 1. The number of H-pyrrole nitrogens is 2. The van der Waals surface area contributed by atoms with Gasteiger partial charge in [0.15, 0.2) is 0 Å². The lowest BCUT2D eigenvalue weighted by molar-refractivity contribution is -0.135. The monoisotopic (exact) mass is 804 g/mol. The molecule has 8 rings (SSSR count). The number of hydrogen-bond acceptors (Lipinski definition) is 6. The number of hydrogen-bond donors (Lipinski definition) is 3. The summed E-state index contributed by atoms with van der Waals surface area (Å²) in [5.74, 6) is 3.24. The van der Waals surface area contributed by atoms with Crippen molar-refractivity contribution < 1.29 is 19.1 Å². The van der Waals surface area contributed by atoms with E-state index >= 15 is 0 Å². The van der Waals surface area contributed by atoms with E-state index in [0.717, 1.165) is 55.3 Å². The minimum atomic E-state index is -0.681. The molecule has 0 radical (unpaired) electrons. The molecule has 316 valence electrons. The summed E-state index contributed by atoms with van der Waals surface area (Å²) < 4.78 is 4.85. The first-order valence-electron chi connectivity index (χ1n) is 22.3. The van der Waals surface area contributed by atoms with Gasteiger partial charge in [0.1, 0.15) is 17.7 Å². The van der Waals surface area contributed by atoms with Crippen molar-refractivity contribution in [2.45, 2.75) is 130 Å². The molecular weight excluding hydrogens is 739 g/mol. The van der Waals surface area contributed by atoms with E-state index < -0.39 is 12.1 Å². The topological polar surface area (TPSA) is 136 Å². The zero-order chi connectivity index (χ0) is 41.7. The highest BCUT2D eigenvalue weighted by Crippen LogP contribution is 2.53. The van der Waals surface area contributed by atoms with Crippen LogP contribution in [0.15, 0.2) is 42.8 Å². The van der Waals surface area contributed by atoms with E-state index in [0.29, 0.717) is 36.1 Å². The molecule has 2 aliphatic heterocycles. The van der Waals surface area contributed by atoms with Crippen LogP contribution in [0.4, 0.5) is 4.79 Å². The van der Waals surface area contributed by atoms with Gasteiger partial charge in [-0.25, -0.2) is 14.8 Å². The number of nitrogens with one attached hydrogen (secondary N) is 3. The molecule has 3 aromatic rings. The molecule has 2 unspecified atom stereocenters. The molecular formula is C48H65N7O4. The summed E-state index contributed by atoms with van der Waals surface area (Å²) in [5.41, 5.74) is 9.12. The maximum Gasteiger partial charge on any atom is 0.407 e. The van der Waals surface area contributed by atoms with Crippen molar-refractivity contribution in [3.05, 3.63) is 76.8 Å². The lowest BCUT2D eigenvalue weighted by Crippen LogP contribution is -2.51. The van der Waals surface area contributed by atoms with Crippen molar-refractivity contribution in [2.75, 3.05) is 20.2 Å². The third-order valence-corrected chi connectivity index (χ3v) is 14.1. The van der Waals surface area contributed by atoms with Crippen molar-refractivity contribution in [3.8, 4) is 11.3 Å². The zero-order valence-corrected chi connectivity index (χ0v) is 36.4. The van der Waals surface area contributed by atoms with Crippen LogP contribution in [0.3, 0.4) is 0 Å². The fraction of sp³-hybridized carbons (Fsp3) is 0.604. The van der Waals surface area contributed by atoms with E-state index in [1.165, 1.54) is 60.6 Å². The molecule has 1 saturated carbocycles. The Labute approximate surface area is 350 Å². The van der Waals surface area contributed by atoms with E-state index in [1.807, 2.05) is 31.1 Å². The van der Waals surface area contributed by atoms with Gasteiger partial charge in [0.05, 0.1) is 31.1 Å². The number of aromatic nitrogens is 4. The summed E-state index contributed by atoms with van der Waals surface area (Å²) >= 11 is 0. The molecule has 11 nitrogen and oxygen atoms in total. The maximum absolute atomic E-state index is 14.0. The molecule has 3 aliphatic carbocycles. The second-order valence-electron chi connectivity index (χ2n) is 19.7. The van der Waals surface area contributed by atoms with Gasteiger partial charge in [-0.3, -0.25) is 9.59 Å². The molecule has 0 bridgehead atoms. The molecule has 2 saturated heterocycles. The number of methoxy groups -OCH3 is 1. The van der Waals surface area contributed by atoms with Gasteiger partial charge in [-0.2, -0.15) is 0 Å². The molecule has 59 heavy (non-hydrogen) atoms. The first kappa shape index (κ1) is 41.1. The largest absolute Gasteiger partial charge is 0.453 e. The second kappa shape index (κ2) is 16.4. The van der Waals surface area contributed by atoms with E-state index in [9.17, 15) is 14.4 Å². The summed E-state index contributed by atoms with van der Waals surface area (Å²) in [6, 6.07) is 3.73. The number of benzene rings is 1. The van der Waals surface area contributed by atoms with Crippen LogP contribution >= 0.6 is 0 Å². The van der Waals surface area contributed by atoms with Crippen molar-refractivity contribution >= 4 is 23.5 Å². The molecule has 1 aromatic carbocycles. The highest BCUT2D eigenvalue weighted by molar-refractivity contribution is 5.87. The average molecular weight is 804 g/mol. The van der Waals surface area contributed by atoms with Crippen LogP contribution < -0.4 is 5.32 Å². The minimum absolute atomic E-state index is 0.00432. The van der Waals surface area contributed by atoms with E-state index in [2.05, 4.69) is 85.2 Å². The number of imidazole rings is 2. The van der Waals surface area contributed by atoms with Gasteiger partial charge in [-0.15, -0.1) is 0 Å². The molecule has 11 heteroatoms. The summed E-state index contributed by atoms with van der Waals surface area (Å²) in [6.07, 6.45) is 20.0. The van der Waals surface area contributed by atoms with Gasteiger partial charge in [0, 0.05) is 42.9 Å². The minimum Gasteiger partial charge on any atom is -0.453 e. The smallest absolute Gasteiger partial charge is 0.407 e. The van der Waals surface area contributed by atoms with Gasteiger partial charge in [0.25, 0.3) is 0 Å². The first-order valence-corrected chi connectivity index (χ1v) is 22.3. The molecule has 3 N–H and O–H groups in total. The quantitative estimate of drug-likeness (QED) is 0.187. The number of amides is 3. The van der Waals surface area contributed by atoms with Crippen LogP contribution in [0.2, 0.25) is 0 Å². The lowest BCUT2D eigenvalue weighted by atomic mass is 9.81. The van der Waals surface area contributed by atoms with Crippen LogP contribution in [0.25, 0.3) is 16.8 Å². The fourth-order valence-corrected chi connectivity index (χ4v) is 11.1. The van der Waals surface area contributed by atoms with Crippen molar-refractivity contribution in [1.82, 2.24) is 35.1 Å². The Kier molecular flexibility index (Phi) is 11.4. The summed E-state index contributed by atoms with van der Waals surface area (Å²) in [6.45, 7) is 16.2. The van der Waals surface area contributed by atoms with Gasteiger partial charge in [-0.1, -0.05) is 91.7 Å². The Balaban J connectivity index is 1.05. The average Bonchev–Trinajstić information content (AvgIpc) is 4.05. The summed E-state index contributed by atoms with van der Waals surface area (Å²) in [4.78, 5) is 60.5. The van der Waals surface area contributed by atoms with Crippen molar-refractivity contribution in [1.29, 1.82) is 0 Å². The molecule has 3 fully saturated rings. The van der Waals surface area contributed by atoms with E-state index in [1.54, 1.807) is 0 Å². The molecule has 3 amide bonds. The first-order chi connectivity index (χ1) is 28.2. The van der Waals surface area contributed by atoms with Crippen LogP contribution in [-0.4, -0.2) is 73.9 Å². The number of allylic oxidation sites excluding steroid dienone is 4. The highest BCUT2D eigenvalue weighted by atomic mass is 16.5. The number of carbonyl (C=O) groups is 3. The van der Waals surface area contributed by atoms with E-state index in [-0.39, 0.29) is 41.7 Å². The van der Waals surface area contributed by atoms with E-state index in [4.69, 9.17) is 14.7 Å². The van der Waals surface area contributed by atoms with Gasteiger partial charge in [0.2, 0.25) is 11.8 Å². The van der Waals surface area contributed by atoms with Crippen LogP contribution in [0, 0.1) is 35.0 Å². The van der Waals surface area contributed by atoms with Crippen molar-refractivity contribution in [3.63, 3.8) is 0 Å². The van der Waals surface area contributed by atoms with Crippen LogP contribution in [0.5, 0.6) is 0 Å². The molecule has 2 aromatic heterocycles. The Bertz CT molecular complexity index is 2120. The SMILES string of the molecule is COC(=O)N[C@H](C(=O)N1C[C@@H](C)C[C@H]1c1ncc(-c2ccc(C3=CC(C)C(c4cnc([C@@H]5C[C@H](C)CN5C(=O)CC(C)C)[nH]4)C=C3)c3c2CC2(CCCC2)C3)[nH]1)C(C)C. The number of likely N-dealkylation sites (tertiary alicyclic amines) is 2. The van der Waals surface area contributed by atoms with Crippen molar-refractivity contribution in [2.24, 2.45) is 35.0 Å². The normalized spacial score (nSPS) is 26.6. The number of aromatic amines is 2. The molecule has 7 atom stereocenters. The molecule has 5 aliphatic rings. The Morgan fingerprint density at radius 1 is 0.881 bits per heavy atom. The molecule has 1 spiro atoms. The fourth-order valence-electron chi connectivity index (χ4n) is 11.1. The maximum atomic E-state index is 14.0. The van der Waals surface area contributed by atoms with Gasteiger partial charge >= 0.3 is 6.09 Å². The standard InChI is InChI=1S/C48H65N7O4/c1-27(2)17-42(56)54-25-29(5)18-40(54)44-49-23-38(51-44)33-12-11-32(20-31(33)7)34-13-14-35(37-22-48(21-36(34)37)15-9-10-16-48)39-24-50-45(52-39)41-19-30(6)26-55(41)46(57)43(28(3)4)53-47(58)59-8/h11-14,20,23-24,27-31,33,40-41,43H,9-10,15-19,21-22,25-26H2,1-8H3,(H,49,51)(H,50,52)(H,53,58)/t29-,30-,31?,33?,40-,41-,43-/m0/s1. The Hall–Kier alpha value is -4.67. The summed E-state index contributed by atoms with van der Waals surface area (Å²) in [7, 11) is 1.32. The Morgan fingerprint density at radius 2 is 1.51 bits per heavy atom. The van der Waals surface area contributed by atoms with Crippen LogP contribution in [-0.2, 0) is 27.2 Å². The van der Waals surface area contributed by atoms with Gasteiger partial charge in [-0.05, 0) is 95.8 Å².